The Balaban J connectivity index is 1.61. The molecule has 180 valence electrons. The number of halogens is 2. The van der Waals surface area contributed by atoms with Crippen molar-refractivity contribution in [2.45, 2.75) is 28.4 Å². The van der Waals surface area contributed by atoms with Crippen LogP contribution >= 0.6 is 58.1 Å². The summed E-state index contributed by atoms with van der Waals surface area (Å²) in [7, 11) is 0. The fourth-order valence-corrected chi connectivity index (χ4v) is 7.35. The molecule has 2 aliphatic rings. The Morgan fingerprint density at radius 2 is 2.27 bits per heavy atom. The van der Waals surface area contributed by atoms with E-state index in [4.69, 9.17) is 28.0 Å². The summed E-state index contributed by atoms with van der Waals surface area (Å²) in [5, 5.41) is 19.4. The largest absolute Gasteiger partial charge is 0.480 e. The maximum absolute atomic E-state index is 12.7. The molecule has 3 N–H and O–H groups in total. The number of oxime groups is 1. The second-order valence-electron chi connectivity index (χ2n) is 6.91. The molecule has 5 atom stereocenters. The minimum atomic E-state index is -1.14. The lowest BCUT2D eigenvalue weighted by molar-refractivity contribution is -0.163. The number of carboxylic acid groups (broad SMARTS) is 1. The zero-order chi connectivity index (χ0) is 24.2. The molecule has 1 aromatic rings. The van der Waals surface area contributed by atoms with Crippen LogP contribution in [0.4, 0.5) is 0 Å². The van der Waals surface area contributed by atoms with Crippen LogP contribution < -0.4 is 10.6 Å². The molecule has 2 fully saturated rings. The summed E-state index contributed by atoms with van der Waals surface area (Å²) in [6, 6.07) is -2.01. The van der Waals surface area contributed by atoms with E-state index in [-0.39, 0.29) is 11.8 Å². The van der Waals surface area contributed by atoms with Gasteiger partial charge in [-0.3, -0.25) is 14.4 Å². The molecule has 0 radical (unpaired) electrons. The van der Waals surface area contributed by atoms with E-state index in [1.807, 2.05) is 0 Å². The molecule has 33 heavy (non-hydrogen) atoms. The SMILES string of the molecule is CSC1(CCl)CS[C@H]2[C@H](NC(=O)C=NOC(NC(=O)CCl)c3cscn3)C(=O)N2C1C(=O)O. The van der Waals surface area contributed by atoms with Crippen molar-refractivity contribution < 1.29 is 29.1 Å². The Kier molecular flexibility index (Phi) is 8.72. The van der Waals surface area contributed by atoms with Crippen molar-refractivity contribution in [3.63, 3.8) is 0 Å². The van der Waals surface area contributed by atoms with Gasteiger partial charge in [-0.1, -0.05) is 5.16 Å². The number of rotatable bonds is 10. The summed E-state index contributed by atoms with van der Waals surface area (Å²) in [5.74, 6) is -2.73. The maximum Gasteiger partial charge on any atom is 0.328 e. The summed E-state index contributed by atoms with van der Waals surface area (Å²) >= 11 is 15.5. The molecule has 0 spiro atoms. The molecule has 3 rings (SSSR count). The van der Waals surface area contributed by atoms with E-state index in [1.165, 1.54) is 45.3 Å². The number of thioether (sulfide) groups is 2. The minimum absolute atomic E-state index is 0.0655. The van der Waals surface area contributed by atoms with Crippen molar-refractivity contribution in [2.75, 3.05) is 23.8 Å². The van der Waals surface area contributed by atoms with Crippen molar-refractivity contribution >= 4 is 88.0 Å². The van der Waals surface area contributed by atoms with Crippen molar-refractivity contribution in [1.29, 1.82) is 0 Å². The standard InChI is InChI=1S/C17H19Cl2N5O6S3/c1-31-17(5-19)6-33-15-11(14(27)24(15)12(17)16(28)29)22-10(26)3-21-30-13(23-9(25)2-18)8-4-32-7-20-8/h3-4,7,11-13,15H,2,5-6H2,1H3,(H,22,26)(H,23,25)(H,28,29)/t11-,12?,13?,15+,17?/m1/s1. The molecule has 11 nitrogen and oxygen atoms in total. The van der Waals surface area contributed by atoms with Crippen molar-refractivity contribution in [1.82, 2.24) is 20.5 Å². The van der Waals surface area contributed by atoms with E-state index >= 15 is 0 Å². The number of nitrogens with zero attached hydrogens (tertiary/aromatic N) is 3. The Bertz CT molecular complexity index is 932. The lowest BCUT2D eigenvalue weighted by Crippen LogP contribution is -2.79. The van der Waals surface area contributed by atoms with Crippen LogP contribution in [0, 0.1) is 0 Å². The Morgan fingerprint density at radius 3 is 2.85 bits per heavy atom. The maximum atomic E-state index is 12.7. The average Bonchev–Trinajstić information content (AvgIpc) is 3.35. The van der Waals surface area contributed by atoms with E-state index in [9.17, 15) is 24.3 Å². The highest BCUT2D eigenvalue weighted by atomic mass is 35.5. The summed E-state index contributed by atoms with van der Waals surface area (Å²) in [6.45, 7) is 0. The summed E-state index contributed by atoms with van der Waals surface area (Å²) < 4.78 is -0.827. The van der Waals surface area contributed by atoms with Crippen LogP contribution in [0.25, 0.3) is 0 Å². The zero-order valence-electron chi connectivity index (χ0n) is 17.0. The molecule has 1 aromatic heterocycles. The van der Waals surface area contributed by atoms with Crippen molar-refractivity contribution in [2.24, 2.45) is 5.16 Å². The smallest absolute Gasteiger partial charge is 0.328 e. The van der Waals surface area contributed by atoms with Gasteiger partial charge >= 0.3 is 5.97 Å². The van der Waals surface area contributed by atoms with Crippen molar-refractivity contribution in [3.8, 4) is 0 Å². The van der Waals surface area contributed by atoms with Crippen LogP contribution in [0.2, 0.25) is 0 Å². The normalized spacial score (nSPS) is 27.4. The number of carbonyl (C=O) groups excluding carboxylic acids is 3. The molecule has 3 heterocycles. The van der Waals surface area contributed by atoms with E-state index in [0.717, 1.165) is 6.21 Å². The number of aromatic nitrogens is 1. The van der Waals surface area contributed by atoms with Crippen LogP contribution in [-0.4, -0.2) is 90.9 Å². The van der Waals surface area contributed by atoms with Gasteiger partial charge in [-0.25, -0.2) is 9.78 Å². The highest BCUT2D eigenvalue weighted by Crippen LogP contribution is 2.47. The first-order chi connectivity index (χ1) is 15.8. The molecule has 3 unspecified atom stereocenters. The van der Waals surface area contributed by atoms with Gasteiger partial charge in [0.25, 0.3) is 5.91 Å². The third-order valence-electron chi connectivity index (χ3n) is 4.99. The number of hydrogen-bond donors (Lipinski definition) is 3. The number of carbonyl (C=O) groups is 4. The van der Waals surface area contributed by atoms with E-state index in [2.05, 4.69) is 20.8 Å². The number of carboxylic acids is 1. The van der Waals surface area contributed by atoms with E-state index in [1.54, 1.807) is 11.6 Å². The second kappa shape index (κ2) is 11.1. The van der Waals surface area contributed by atoms with Crippen LogP contribution in [0.5, 0.6) is 0 Å². The fraction of sp³-hybridized carbons (Fsp3) is 0.529. The minimum Gasteiger partial charge on any atom is -0.480 e. The molecule has 0 aliphatic carbocycles. The van der Waals surface area contributed by atoms with Gasteiger partial charge in [0.05, 0.1) is 10.3 Å². The summed E-state index contributed by atoms with van der Waals surface area (Å²) in [4.78, 5) is 58.9. The van der Waals surface area contributed by atoms with Gasteiger partial charge in [0, 0.05) is 17.0 Å². The Morgan fingerprint density at radius 1 is 1.52 bits per heavy atom. The molecule has 0 saturated carbocycles. The highest BCUT2D eigenvalue weighted by molar-refractivity contribution is 8.04. The van der Waals surface area contributed by atoms with Crippen molar-refractivity contribution in [3.05, 3.63) is 16.6 Å². The Hall–Kier alpha value is -1.74. The molecular weight excluding hydrogens is 537 g/mol. The molecule has 0 aromatic carbocycles. The predicted octanol–water partition coefficient (Wildman–Crippen LogP) is 0.693. The third-order valence-corrected chi connectivity index (χ3v) is 9.50. The topological polar surface area (TPSA) is 150 Å². The van der Waals surface area contributed by atoms with Gasteiger partial charge in [0.15, 0.2) is 0 Å². The van der Waals surface area contributed by atoms with Gasteiger partial charge in [0.2, 0.25) is 18.0 Å². The summed E-state index contributed by atoms with van der Waals surface area (Å²) in [5.41, 5.74) is 1.90. The van der Waals surface area contributed by atoms with Gasteiger partial charge < -0.3 is 25.5 Å². The predicted molar refractivity (Wildman–Crippen MR) is 127 cm³/mol. The molecular formula is C17H19Cl2N5O6S3. The van der Waals surface area contributed by atoms with Gasteiger partial charge in [-0.15, -0.1) is 46.3 Å². The number of hydrogen-bond acceptors (Lipinski definition) is 10. The van der Waals surface area contributed by atoms with Crippen LogP contribution in [0.15, 0.2) is 16.0 Å². The number of thiazole rings is 1. The molecule has 0 bridgehead atoms. The third kappa shape index (κ3) is 5.34. The van der Waals surface area contributed by atoms with Gasteiger partial charge in [-0.2, -0.15) is 11.8 Å². The van der Waals surface area contributed by atoms with Gasteiger partial charge in [-0.05, 0) is 6.26 Å². The summed E-state index contributed by atoms with van der Waals surface area (Å²) in [6.07, 6.45) is 1.52. The number of β-lactam (4-membered cyclic amide) rings is 1. The van der Waals surface area contributed by atoms with Crippen LogP contribution in [0.3, 0.4) is 0 Å². The second-order valence-corrected chi connectivity index (χ2v) is 10.5. The number of amides is 3. The first-order valence-corrected chi connectivity index (χ1v) is 13.6. The Labute approximate surface area is 211 Å². The van der Waals surface area contributed by atoms with Gasteiger partial charge in [0.1, 0.15) is 35.2 Å². The first-order valence-electron chi connectivity index (χ1n) is 9.28. The average molecular weight is 556 g/mol. The quantitative estimate of drug-likeness (QED) is 0.124. The number of fused-ring (bicyclic) bond motifs is 1. The highest BCUT2D eigenvalue weighted by Gasteiger charge is 2.62. The van der Waals surface area contributed by atoms with E-state index < -0.39 is 52.1 Å². The number of nitrogens with one attached hydrogen (secondary N) is 2. The molecule has 16 heteroatoms. The lowest BCUT2D eigenvalue weighted by Gasteiger charge is -2.57. The lowest BCUT2D eigenvalue weighted by atomic mass is 9.94. The number of aliphatic carboxylic acids is 1. The number of alkyl halides is 2. The molecule has 3 amide bonds. The first kappa shape index (κ1) is 25.9. The van der Waals surface area contributed by atoms with Crippen LogP contribution in [-0.2, 0) is 24.0 Å². The fourth-order valence-electron chi connectivity index (χ4n) is 3.33. The van der Waals surface area contributed by atoms with E-state index in [0.29, 0.717) is 11.4 Å². The monoisotopic (exact) mass is 555 g/mol. The molecule has 2 aliphatic heterocycles. The zero-order valence-corrected chi connectivity index (χ0v) is 20.9. The molecule has 2 saturated heterocycles. The van der Waals surface area contributed by atoms with Crippen LogP contribution in [0.1, 0.15) is 11.9 Å².